The molecular formula is C28H32ClN3O4S. The predicted molar refractivity (Wildman–Crippen MR) is 145 cm³/mol. The van der Waals surface area contributed by atoms with Gasteiger partial charge in [-0.2, -0.15) is 0 Å². The topological polar surface area (TPSA) is 98.7 Å². The predicted octanol–water partition coefficient (Wildman–Crippen LogP) is 3.27. The molecule has 0 aliphatic carbocycles. The number of thioether (sulfide) groups is 1. The van der Waals surface area contributed by atoms with Crippen molar-refractivity contribution in [1.82, 2.24) is 10.2 Å². The van der Waals surface area contributed by atoms with E-state index < -0.39 is 28.7 Å². The number of aliphatic hydroxyl groups is 1. The van der Waals surface area contributed by atoms with Gasteiger partial charge in [-0.05, 0) is 42.9 Å². The van der Waals surface area contributed by atoms with E-state index in [2.05, 4.69) is 17.6 Å². The number of amides is 3. The maximum atomic E-state index is 14.3. The molecule has 3 fully saturated rings. The van der Waals surface area contributed by atoms with Crippen LogP contribution in [0.15, 0.2) is 48.5 Å². The lowest BCUT2D eigenvalue weighted by molar-refractivity contribution is -0.142. The van der Waals surface area contributed by atoms with Gasteiger partial charge in [-0.3, -0.25) is 14.4 Å². The molecule has 3 N–H and O–H groups in total. The van der Waals surface area contributed by atoms with Gasteiger partial charge in [0.2, 0.25) is 17.7 Å². The molecule has 7 nitrogen and oxygen atoms in total. The summed E-state index contributed by atoms with van der Waals surface area (Å²) in [6.07, 6.45) is 1.14. The van der Waals surface area contributed by atoms with Gasteiger partial charge >= 0.3 is 0 Å². The highest BCUT2D eigenvalue weighted by Gasteiger charge is 2.76. The fraction of sp³-hybridized carbons (Fsp3) is 0.464. The first kappa shape index (κ1) is 26.1. The molecule has 9 heteroatoms. The van der Waals surface area contributed by atoms with Crippen LogP contribution < -0.4 is 10.6 Å². The van der Waals surface area contributed by atoms with Gasteiger partial charge in [0.05, 0.1) is 39.9 Å². The van der Waals surface area contributed by atoms with E-state index in [0.29, 0.717) is 17.1 Å². The Hall–Kier alpha value is -2.55. The number of para-hydroxylation sites is 1. The number of nitrogens with zero attached hydrogens (tertiary/aromatic N) is 1. The molecule has 3 saturated heterocycles. The SMILES string of the molecule is CNC(=O)[C@@H]1[C@@H]2CC(C)C3(S2)C(C(=O)Nc2c(C)cccc2Cl)N([C@@H](CO)Cc2ccccc2)C(=O)[C@H]13. The quantitative estimate of drug-likeness (QED) is 0.500. The molecule has 3 unspecified atom stereocenters. The average Bonchev–Trinajstić information content (AvgIpc) is 3.48. The van der Waals surface area contributed by atoms with Gasteiger partial charge in [0.15, 0.2) is 0 Å². The number of likely N-dealkylation sites (tertiary alicyclic amines) is 1. The van der Waals surface area contributed by atoms with E-state index in [1.165, 1.54) is 0 Å². The summed E-state index contributed by atoms with van der Waals surface area (Å²) in [5.74, 6) is -1.87. The normalized spacial score (nSPS) is 30.8. The van der Waals surface area contributed by atoms with Crippen molar-refractivity contribution < 1.29 is 19.5 Å². The Morgan fingerprint density at radius 1 is 1.19 bits per heavy atom. The summed E-state index contributed by atoms with van der Waals surface area (Å²) in [6, 6.07) is 13.6. The van der Waals surface area contributed by atoms with Gasteiger partial charge in [-0.15, -0.1) is 11.8 Å². The van der Waals surface area contributed by atoms with E-state index in [-0.39, 0.29) is 35.5 Å². The highest BCUT2D eigenvalue weighted by Crippen LogP contribution is 2.68. The maximum absolute atomic E-state index is 14.3. The zero-order valence-corrected chi connectivity index (χ0v) is 22.7. The number of rotatable bonds is 7. The highest BCUT2D eigenvalue weighted by atomic mass is 35.5. The van der Waals surface area contributed by atoms with Crippen LogP contribution in [0.25, 0.3) is 0 Å². The lowest BCUT2D eigenvalue weighted by Gasteiger charge is -2.40. The fourth-order valence-corrected chi connectivity index (χ4v) is 9.42. The van der Waals surface area contributed by atoms with Crippen molar-refractivity contribution in [3.63, 3.8) is 0 Å². The molecule has 3 aliphatic rings. The number of halogens is 1. The summed E-state index contributed by atoms with van der Waals surface area (Å²) in [4.78, 5) is 43.1. The van der Waals surface area contributed by atoms with Crippen LogP contribution >= 0.6 is 23.4 Å². The van der Waals surface area contributed by atoms with E-state index in [1.807, 2.05) is 49.4 Å². The number of nitrogens with one attached hydrogen (secondary N) is 2. The van der Waals surface area contributed by atoms with Crippen LogP contribution in [0.1, 0.15) is 24.5 Å². The Kier molecular flexibility index (Phi) is 7.02. The Morgan fingerprint density at radius 3 is 2.57 bits per heavy atom. The van der Waals surface area contributed by atoms with E-state index in [1.54, 1.807) is 29.8 Å². The molecule has 2 bridgehead atoms. The van der Waals surface area contributed by atoms with Gasteiger partial charge in [-0.1, -0.05) is 61.0 Å². The molecule has 2 aromatic rings. The summed E-state index contributed by atoms with van der Waals surface area (Å²) in [5.41, 5.74) is 2.28. The zero-order valence-electron chi connectivity index (χ0n) is 21.1. The third kappa shape index (κ3) is 4.04. The number of aliphatic hydroxyl groups excluding tert-OH is 1. The van der Waals surface area contributed by atoms with Crippen LogP contribution in [0.3, 0.4) is 0 Å². The van der Waals surface area contributed by atoms with E-state index in [4.69, 9.17) is 11.6 Å². The van der Waals surface area contributed by atoms with Gasteiger partial charge in [-0.25, -0.2) is 0 Å². The van der Waals surface area contributed by atoms with Crippen molar-refractivity contribution in [2.45, 2.75) is 48.8 Å². The van der Waals surface area contributed by atoms with E-state index in [9.17, 15) is 19.5 Å². The van der Waals surface area contributed by atoms with Crippen molar-refractivity contribution >= 4 is 46.8 Å². The van der Waals surface area contributed by atoms with Crippen LogP contribution in [-0.2, 0) is 20.8 Å². The monoisotopic (exact) mass is 541 g/mol. The molecule has 0 aromatic heterocycles. The van der Waals surface area contributed by atoms with Crippen molar-refractivity contribution in [2.24, 2.45) is 17.8 Å². The first-order chi connectivity index (χ1) is 17.7. The fourth-order valence-electron chi connectivity index (χ4n) is 6.74. The summed E-state index contributed by atoms with van der Waals surface area (Å²) >= 11 is 8.06. The van der Waals surface area contributed by atoms with Crippen LogP contribution in [0.4, 0.5) is 5.69 Å². The van der Waals surface area contributed by atoms with E-state index >= 15 is 0 Å². The van der Waals surface area contributed by atoms with Crippen LogP contribution in [0.5, 0.6) is 0 Å². The lowest BCUT2D eigenvalue weighted by Crippen LogP contribution is -2.57. The molecule has 5 rings (SSSR count). The van der Waals surface area contributed by atoms with Gasteiger partial charge < -0.3 is 20.6 Å². The number of benzene rings is 2. The molecule has 2 aromatic carbocycles. The molecule has 3 heterocycles. The number of carbonyl (C=O) groups is 3. The van der Waals surface area contributed by atoms with Gasteiger partial charge in [0, 0.05) is 12.3 Å². The first-order valence-corrected chi connectivity index (χ1v) is 13.9. The average molecular weight is 542 g/mol. The smallest absolute Gasteiger partial charge is 0.248 e. The molecule has 7 atom stereocenters. The van der Waals surface area contributed by atoms with Crippen LogP contribution in [-0.4, -0.2) is 63.5 Å². The van der Waals surface area contributed by atoms with E-state index in [0.717, 1.165) is 17.5 Å². The molecule has 196 valence electrons. The number of fused-ring (bicyclic) bond motifs is 1. The second-order valence-electron chi connectivity index (χ2n) is 10.4. The highest BCUT2D eigenvalue weighted by molar-refractivity contribution is 8.02. The lowest BCUT2D eigenvalue weighted by atomic mass is 9.66. The minimum atomic E-state index is -0.860. The number of hydrogen-bond donors (Lipinski definition) is 3. The third-order valence-corrected chi connectivity index (χ3v) is 10.8. The van der Waals surface area contributed by atoms with Crippen molar-refractivity contribution in [2.75, 3.05) is 19.0 Å². The second-order valence-corrected chi connectivity index (χ2v) is 12.3. The molecule has 1 spiro atoms. The number of carbonyl (C=O) groups excluding carboxylic acids is 3. The number of anilines is 1. The summed E-state index contributed by atoms with van der Waals surface area (Å²) in [5, 5.41) is 16.7. The third-order valence-electron chi connectivity index (χ3n) is 8.37. The van der Waals surface area contributed by atoms with Gasteiger partial charge in [0.1, 0.15) is 6.04 Å². The summed E-state index contributed by atoms with van der Waals surface area (Å²) in [6.45, 7) is 3.64. The Bertz CT molecular complexity index is 1210. The summed E-state index contributed by atoms with van der Waals surface area (Å²) < 4.78 is -0.776. The molecule has 0 radical (unpaired) electrons. The number of aryl methyl sites for hydroxylation is 1. The Labute approximate surface area is 226 Å². The Balaban J connectivity index is 1.60. The van der Waals surface area contributed by atoms with Gasteiger partial charge in [0.25, 0.3) is 0 Å². The molecule has 37 heavy (non-hydrogen) atoms. The van der Waals surface area contributed by atoms with Crippen LogP contribution in [0, 0.1) is 24.7 Å². The van der Waals surface area contributed by atoms with Crippen molar-refractivity contribution in [3.05, 3.63) is 64.7 Å². The van der Waals surface area contributed by atoms with Crippen molar-refractivity contribution in [1.29, 1.82) is 0 Å². The Morgan fingerprint density at radius 2 is 1.92 bits per heavy atom. The standard InChI is InChI=1S/C28H32ClN3O4S/c1-15-8-7-11-19(29)23(15)31-26(35)24-28-16(2)12-20(37-28)21(25(34)30-3)22(28)27(36)32(24)18(14-33)13-17-9-5-4-6-10-17/h4-11,16,18,20-22,24,33H,12-14H2,1-3H3,(H,30,34)(H,31,35)/t16?,18-,20+,21-,22+,24?,28?/m1/s1. The molecule has 3 aliphatic heterocycles. The van der Waals surface area contributed by atoms with Crippen LogP contribution in [0.2, 0.25) is 5.02 Å². The molecular weight excluding hydrogens is 510 g/mol. The largest absolute Gasteiger partial charge is 0.394 e. The van der Waals surface area contributed by atoms with Crippen molar-refractivity contribution in [3.8, 4) is 0 Å². The first-order valence-electron chi connectivity index (χ1n) is 12.7. The molecule has 3 amide bonds. The zero-order chi connectivity index (χ0) is 26.5. The second kappa shape index (κ2) is 9.97. The number of hydrogen-bond acceptors (Lipinski definition) is 5. The minimum absolute atomic E-state index is 0.0292. The minimum Gasteiger partial charge on any atom is -0.394 e. The molecule has 0 saturated carbocycles. The summed E-state index contributed by atoms with van der Waals surface area (Å²) in [7, 11) is 1.59. The maximum Gasteiger partial charge on any atom is 0.248 e.